The van der Waals surface area contributed by atoms with Gasteiger partial charge in [0.2, 0.25) is 11.6 Å². The lowest BCUT2D eigenvalue weighted by molar-refractivity contribution is 0.0921. The highest BCUT2D eigenvalue weighted by Crippen LogP contribution is 2.20. The molecule has 0 radical (unpaired) electrons. The minimum atomic E-state index is -0.745. The Morgan fingerprint density at radius 1 is 1.17 bits per heavy atom. The van der Waals surface area contributed by atoms with Crippen LogP contribution in [0.1, 0.15) is 33.3 Å². The molecule has 0 aliphatic heterocycles. The van der Waals surface area contributed by atoms with Crippen LogP contribution in [0.2, 0.25) is 0 Å². The summed E-state index contributed by atoms with van der Waals surface area (Å²) in [5, 5.41) is 7.07. The molecule has 122 valence electrons. The molecule has 1 amide bonds. The number of nitrogens with one attached hydrogen (secondary N) is 1. The molecule has 2 aromatic heterocycles. The maximum Gasteiger partial charge on any atom is 0.361 e. The number of fused-ring (bicyclic) bond motifs is 1. The average molecular weight is 325 g/mol. The van der Waals surface area contributed by atoms with Crippen molar-refractivity contribution in [2.75, 3.05) is 5.32 Å². The van der Waals surface area contributed by atoms with E-state index in [1.165, 1.54) is 13.0 Å². The highest BCUT2D eigenvalue weighted by Gasteiger charge is 2.17. The molecule has 24 heavy (non-hydrogen) atoms. The quantitative estimate of drug-likeness (QED) is 0.781. The standard InChI is InChI=1S/C17H15N3O4/c1-9-4-6-12(7-5-9)15(22)18-14-8-13-10(2)19-20(11(3)21)16(13)24-17(14)23/h4-8H,1-3H3,(H,18,22). The Kier molecular flexibility index (Phi) is 3.76. The summed E-state index contributed by atoms with van der Waals surface area (Å²) in [6.45, 7) is 4.92. The molecule has 1 aromatic carbocycles. The first-order valence-electron chi connectivity index (χ1n) is 7.29. The topological polar surface area (TPSA) is 94.2 Å². The zero-order valence-electron chi connectivity index (χ0n) is 13.4. The SMILES string of the molecule is CC(=O)n1nc(C)c2cc(NC(=O)c3ccc(C)cc3)c(=O)oc21. The fourth-order valence-electron chi connectivity index (χ4n) is 2.33. The van der Waals surface area contributed by atoms with Gasteiger partial charge in [-0.15, -0.1) is 0 Å². The predicted molar refractivity (Wildman–Crippen MR) is 88.4 cm³/mol. The van der Waals surface area contributed by atoms with E-state index in [2.05, 4.69) is 10.4 Å². The van der Waals surface area contributed by atoms with Gasteiger partial charge in [0.05, 0.1) is 11.1 Å². The molecule has 0 unspecified atom stereocenters. The monoisotopic (exact) mass is 325 g/mol. The van der Waals surface area contributed by atoms with Gasteiger partial charge in [-0.05, 0) is 32.0 Å². The Morgan fingerprint density at radius 2 is 1.83 bits per heavy atom. The number of hydrogen-bond donors (Lipinski definition) is 1. The van der Waals surface area contributed by atoms with Gasteiger partial charge in [-0.2, -0.15) is 9.78 Å². The van der Waals surface area contributed by atoms with Crippen LogP contribution in [-0.2, 0) is 0 Å². The summed E-state index contributed by atoms with van der Waals surface area (Å²) in [6, 6.07) is 8.42. The van der Waals surface area contributed by atoms with Gasteiger partial charge in [0.1, 0.15) is 5.69 Å². The van der Waals surface area contributed by atoms with E-state index in [0.717, 1.165) is 10.2 Å². The predicted octanol–water partition coefficient (Wildman–Crippen LogP) is 2.52. The molecule has 0 bridgehead atoms. The van der Waals surface area contributed by atoms with Crippen molar-refractivity contribution in [3.63, 3.8) is 0 Å². The van der Waals surface area contributed by atoms with Crippen molar-refractivity contribution in [1.29, 1.82) is 0 Å². The van der Waals surface area contributed by atoms with Gasteiger partial charge in [-0.1, -0.05) is 17.7 Å². The van der Waals surface area contributed by atoms with E-state index in [0.29, 0.717) is 16.6 Å². The third kappa shape index (κ3) is 2.71. The first-order chi connectivity index (χ1) is 11.4. The number of anilines is 1. The molecule has 0 atom stereocenters. The van der Waals surface area contributed by atoms with Gasteiger partial charge in [0.15, 0.2) is 0 Å². The van der Waals surface area contributed by atoms with E-state index >= 15 is 0 Å². The molecular weight excluding hydrogens is 310 g/mol. The van der Waals surface area contributed by atoms with Crippen LogP contribution >= 0.6 is 0 Å². The second kappa shape index (κ2) is 5.77. The number of benzene rings is 1. The second-order valence-electron chi connectivity index (χ2n) is 5.50. The smallest absolute Gasteiger partial charge is 0.361 e. The maximum absolute atomic E-state index is 12.2. The van der Waals surface area contributed by atoms with Crippen molar-refractivity contribution in [2.45, 2.75) is 20.8 Å². The van der Waals surface area contributed by atoms with Crippen LogP contribution in [-0.4, -0.2) is 21.6 Å². The number of rotatable bonds is 2. The highest BCUT2D eigenvalue weighted by atomic mass is 16.4. The first kappa shape index (κ1) is 15.7. The summed E-state index contributed by atoms with van der Waals surface area (Å²) >= 11 is 0. The Bertz CT molecular complexity index is 1010. The zero-order valence-corrected chi connectivity index (χ0v) is 13.4. The van der Waals surface area contributed by atoms with Gasteiger partial charge in [0, 0.05) is 12.5 Å². The van der Waals surface area contributed by atoms with Crippen molar-refractivity contribution in [3.05, 3.63) is 57.6 Å². The normalized spacial score (nSPS) is 10.8. The lowest BCUT2D eigenvalue weighted by Crippen LogP contribution is -2.18. The minimum absolute atomic E-state index is 0.000669. The number of aromatic nitrogens is 2. The van der Waals surface area contributed by atoms with Crippen molar-refractivity contribution in [1.82, 2.24) is 9.78 Å². The minimum Gasteiger partial charge on any atom is -0.402 e. The molecule has 3 aromatic rings. The molecule has 0 saturated carbocycles. The number of carbonyl (C=O) groups excluding carboxylic acids is 2. The number of carbonyl (C=O) groups is 2. The van der Waals surface area contributed by atoms with Crippen LogP contribution in [0.25, 0.3) is 11.1 Å². The van der Waals surface area contributed by atoms with Crippen LogP contribution < -0.4 is 10.9 Å². The lowest BCUT2D eigenvalue weighted by Gasteiger charge is -2.05. The summed E-state index contributed by atoms with van der Waals surface area (Å²) in [6.07, 6.45) is 0. The van der Waals surface area contributed by atoms with E-state index in [1.54, 1.807) is 19.1 Å². The molecule has 7 nitrogen and oxygen atoms in total. The molecule has 1 N–H and O–H groups in total. The van der Waals surface area contributed by atoms with E-state index in [9.17, 15) is 14.4 Å². The molecule has 0 saturated heterocycles. The average Bonchev–Trinajstić information content (AvgIpc) is 2.85. The molecule has 7 heteroatoms. The lowest BCUT2D eigenvalue weighted by atomic mass is 10.1. The third-order valence-electron chi connectivity index (χ3n) is 3.62. The summed E-state index contributed by atoms with van der Waals surface area (Å²) in [7, 11) is 0. The first-order valence-corrected chi connectivity index (χ1v) is 7.29. The van der Waals surface area contributed by atoms with Crippen molar-refractivity contribution in [3.8, 4) is 0 Å². The Balaban J connectivity index is 2.01. The van der Waals surface area contributed by atoms with Gasteiger partial charge in [-0.25, -0.2) is 4.79 Å². The van der Waals surface area contributed by atoms with Crippen molar-refractivity contribution < 1.29 is 14.0 Å². The number of nitrogens with zero attached hydrogens (tertiary/aromatic N) is 2. The van der Waals surface area contributed by atoms with Gasteiger partial charge < -0.3 is 9.73 Å². The number of aryl methyl sites for hydroxylation is 2. The Morgan fingerprint density at radius 3 is 2.46 bits per heavy atom. The van der Waals surface area contributed by atoms with Crippen LogP contribution in [0.15, 0.2) is 39.5 Å². The molecule has 0 spiro atoms. The highest BCUT2D eigenvalue weighted by molar-refractivity contribution is 6.04. The number of amides is 1. The fraction of sp³-hybridized carbons (Fsp3) is 0.176. The van der Waals surface area contributed by atoms with E-state index in [4.69, 9.17) is 4.42 Å². The molecule has 0 aliphatic rings. The molecule has 0 fully saturated rings. The van der Waals surface area contributed by atoms with Crippen LogP contribution in [0, 0.1) is 13.8 Å². The summed E-state index contributed by atoms with van der Waals surface area (Å²) in [4.78, 5) is 35.9. The van der Waals surface area contributed by atoms with Crippen LogP contribution in [0.3, 0.4) is 0 Å². The van der Waals surface area contributed by atoms with Crippen LogP contribution in [0.5, 0.6) is 0 Å². The summed E-state index contributed by atoms with van der Waals surface area (Å²) in [5.41, 5.74) is 1.30. The Labute approximate surface area is 136 Å². The Hall–Kier alpha value is -3.22. The summed E-state index contributed by atoms with van der Waals surface area (Å²) < 4.78 is 6.20. The third-order valence-corrected chi connectivity index (χ3v) is 3.62. The van der Waals surface area contributed by atoms with Crippen molar-refractivity contribution >= 4 is 28.6 Å². The van der Waals surface area contributed by atoms with E-state index in [1.807, 2.05) is 19.1 Å². The van der Waals surface area contributed by atoms with Crippen LogP contribution in [0.4, 0.5) is 5.69 Å². The van der Waals surface area contributed by atoms with Gasteiger partial charge in [-0.3, -0.25) is 9.59 Å². The van der Waals surface area contributed by atoms with E-state index < -0.39 is 11.5 Å². The molecular formula is C17H15N3O4. The number of hydrogen-bond acceptors (Lipinski definition) is 5. The fourth-order valence-corrected chi connectivity index (χ4v) is 2.33. The molecule has 3 rings (SSSR count). The zero-order chi connectivity index (χ0) is 17.4. The second-order valence-corrected chi connectivity index (χ2v) is 5.50. The largest absolute Gasteiger partial charge is 0.402 e. The maximum atomic E-state index is 12.2. The van der Waals surface area contributed by atoms with Gasteiger partial charge >= 0.3 is 5.63 Å². The van der Waals surface area contributed by atoms with Crippen molar-refractivity contribution in [2.24, 2.45) is 0 Å². The molecule has 2 heterocycles. The van der Waals surface area contributed by atoms with Gasteiger partial charge in [0.25, 0.3) is 5.91 Å². The van der Waals surface area contributed by atoms with E-state index in [-0.39, 0.29) is 17.3 Å². The summed E-state index contributed by atoms with van der Waals surface area (Å²) in [5.74, 6) is -0.786. The molecule has 0 aliphatic carbocycles.